The molecular formula is C13H18F3NO3. The molecule has 0 aliphatic rings. The van der Waals surface area contributed by atoms with Gasteiger partial charge in [-0.15, -0.1) is 0 Å². The molecule has 1 aromatic carbocycles. The van der Waals surface area contributed by atoms with E-state index in [0.717, 1.165) is 5.56 Å². The van der Waals surface area contributed by atoms with Gasteiger partial charge in [0.05, 0.1) is 14.2 Å². The highest BCUT2D eigenvalue weighted by atomic mass is 19.4. The van der Waals surface area contributed by atoms with Gasteiger partial charge in [-0.2, -0.15) is 13.2 Å². The van der Waals surface area contributed by atoms with Gasteiger partial charge in [0.1, 0.15) is 0 Å². The third-order valence-electron chi connectivity index (χ3n) is 2.90. The topological polar surface area (TPSA) is 50.7 Å². The minimum absolute atomic E-state index is 0.369. The average molecular weight is 293 g/mol. The van der Waals surface area contributed by atoms with Crippen LogP contribution in [-0.2, 0) is 0 Å². The number of methoxy groups -OCH3 is 2. The Morgan fingerprint density at radius 3 is 2.30 bits per heavy atom. The molecule has 0 bridgehead atoms. The molecule has 7 heteroatoms. The highest BCUT2D eigenvalue weighted by Gasteiger charge is 2.37. The van der Waals surface area contributed by atoms with Gasteiger partial charge >= 0.3 is 6.18 Å². The minimum Gasteiger partial charge on any atom is -0.493 e. The van der Waals surface area contributed by atoms with Gasteiger partial charge in [-0.05, 0) is 24.6 Å². The fraction of sp³-hybridized carbons (Fsp3) is 0.538. The summed E-state index contributed by atoms with van der Waals surface area (Å²) in [5.41, 5.74) is 0.733. The van der Waals surface area contributed by atoms with Crippen LogP contribution in [0.4, 0.5) is 13.2 Å². The van der Waals surface area contributed by atoms with Gasteiger partial charge in [-0.1, -0.05) is 6.07 Å². The molecule has 0 aliphatic carbocycles. The lowest BCUT2D eigenvalue weighted by Gasteiger charge is -2.20. The standard InChI is InChI=1S/C13H18F3NO3/c1-8(17-7-12(18)13(14,15)16)9-4-5-10(19-2)11(6-9)20-3/h4-6,8,12,17-18H,7H2,1-3H3. The molecule has 2 unspecified atom stereocenters. The molecule has 1 aromatic rings. The van der Waals surface area contributed by atoms with Crippen molar-refractivity contribution in [1.29, 1.82) is 0 Å². The maximum absolute atomic E-state index is 12.2. The normalized spacial score (nSPS) is 14.8. The van der Waals surface area contributed by atoms with E-state index in [-0.39, 0.29) is 6.04 Å². The van der Waals surface area contributed by atoms with Crippen LogP contribution in [0.3, 0.4) is 0 Å². The lowest BCUT2D eigenvalue weighted by Crippen LogP contribution is -2.39. The number of aliphatic hydroxyl groups excluding tert-OH is 1. The third-order valence-corrected chi connectivity index (χ3v) is 2.90. The molecule has 0 saturated heterocycles. The molecule has 1 rings (SSSR count). The molecule has 0 aromatic heterocycles. The first-order valence-electron chi connectivity index (χ1n) is 5.99. The van der Waals surface area contributed by atoms with E-state index in [0.29, 0.717) is 11.5 Å². The predicted molar refractivity (Wildman–Crippen MR) is 68.0 cm³/mol. The molecule has 114 valence electrons. The third kappa shape index (κ3) is 4.28. The van der Waals surface area contributed by atoms with Crippen molar-refractivity contribution in [3.05, 3.63) is 23.8 Å². The first-order chi connectivity index (χ1) is 9.29. The summed E-state index contributed by atoms with van der Waals surface area (Å²) in [6.07, 6.45) is -7.00. The van der Waals surface area contributed by atoms with Crippen LogP contribution in [0.1, 0.15) is 18.5 Å². The summed E-state index contributed by atoms with van der Waals surface area (Å²) in [7, 11) is 2.98. The van der Waals surface area contributed by atoms with Gasteiger partial charge in [-0.25, -0.2) is 0 Å². The van der Waals surface area contributed by atoms with Gasteiger partial charge < -0.3 is 19.9 Å². The van der Waals surface area contributed by atoms with Crippen LogP contribution in [0.15, 0.2) is 18.2 Å². The molecule has 0 aliphatic heterocycles. The first-order valence-corrected chi connectivity index (χ1v) is 5.99. The minimum atomic E-state index is -4.62. The number of benzene rings is 1. The number of aliphatic hydroxyl groups is 1. The van der Waals surface area contributed by atoms with Gasteiger partial charge in [0.25, 0.3) is 0 Å². The van der Waals surface area contributed by atoms with Crippen molar-refractivity contribution < 1.29 is 27.8 Å². The quantitative estimate of drug-likeness (QED) is 0.845. The van der Waals surface area contributed by atoms with Crippen LogP contribution >= 0.6 is 0 Å². The summed E-state index contributed by atoms with van der Waals surface area (Å²) in [6, 6.07) is 4.70. The van der Waals surface area contributed by atoms with E-state index in [1.807, 2.05) is 0 Å². The van der Waals surface area contributed by atoms with Gasteiger partial charge in [0.2, 0.25) is 0 Å². The van der Waals surface area contributed by atoms with Crippen LogP contribution in [0.5, 0.6) is 11.5 Å². The van der Waals surface area contributed by atoms with E-state index in [1.165, 1.54) is 14.2 Å². The van der Waals surface area contributed by atoms with E-state index in [9.17, 15) is 13.2 Å². The zero-order chi connectivity index (χ0) is 15.3. The Balaban J connectivity index is 2.70. The Bertz CT molecular complexity index is 437. The van der Waals surface area contributed by atoms with E-state index < -0.39 is 18.8 Å². The summed E-state index contributed by atoms with van der Waals surface area (Å²) in [5.74, 6) is 1.04. The molecule has 0 amide bonds. The molecule has 0 saturated carbocycles. The summed E-state index contributed by atoms with van der Waals surface area (Å²) in [4.78, 5) is 0. The van der Waals surface area contributed by atoms with Gasteiger partial charge in [0.15, 0.2) is 17.6 Å². The van der Waals surface area contributed by atoms with E-state index in [4.69, 9.17) is 14.6 Å². The van der Waals surface area contributed by atoms with Crippen LogP contribution in [0.25, 0.3) is 0 Å². The zero-order valence-corrected chi connectivity index (χ0v) is 11.5. The number of ether oxygens (including phenoxy) is 2. The second kappa shape index (κ2) is 6.81. The fourth-order valence-electron chi connectivity index (χ4n) is 1.64. The smallest absolute Gasteiger partial charge is 0.415 e. The number of halogens is 3. The summed E-state index contributed by atoms with van der Waals surface area (Å²) in [6.45, 7) is 1.13. The second-order valence-electron chi connectivity index (χ2n) is 4.30. The summed E-state index contributed by atoms with van der Waals surface area (Å²) in [5, 5.41) is 11.6. The number of alkyl halides is 3. The monoisotopic (exact) mass is 293 g/mol. The molecular weight excluding hydrogens is 275 g/mol. The number of hydrogen-bond acceptors (Lipinski definition) is 4. The van der Waals surface area contributed by atoms with Crippen molar-refractivity contribution in [3.8, 4) is 11.5 Å². The van der Waals surface area contributed by atoms with Crippen molar-refractivity contribution in [2.24, 2.45) is 0 Å². The Hall–Kier alpha value is -1.47. The average Bonchev–Trinajstić information content (AvgIpc) is 2.42. The van der Waals surface area contributed by atoms with Crippen LogP contribution in [0.2, 0.25) is 0 Å². The lowest BCUT2D eigenvalue weighted by molar-refractivity contribution is -0.202. The van der Waals surface area contributed by atoms with Crippen LogP contribution in [-0.4, -0.2) is 38.2 Å². The first kappa shape index (κ1) is 16.6. The predicted octanol–water partition coefficient (Wildman–Crippen LogP) is 2.28. The zero-order valence-electron chi connectivity index (χ0n) is 11.5. The SMILES string of the molecule is COc1ccc(C(C)NCC(O)C(F)(F)F)cc1OC. The maximum Gasteiger partial charge on any atom is 0.415 e. The molecule has 4 nitrogen and oxygen atoms in total. The molecule has 20 heavy (non-hydrogen) atoms. The highest BCUT2D eigenvalue weighted by molar-refractivity contribution is 5.43. The Morgan fingerprint density at radius 1 is 1.20 bits per heavy atom. The van der Waals surface area contributed by atoms with E-state index >= 15 is 0 Å². The lowest BCUT2D eigenvalue weighted by atomic mass is 10.1. The maximum atomic E-state index is 12.2. The Kier molecular flexibility index (Phi) is 5.64. The molecule has 0 fully saturated rings. The molecule has 0 heterocycles. The largest absolute Gasteiger partial charge is 0.493 e. The van der Waals surface area contributed by atoms with Gasteiger partial charge in [-0.3, -0.25) is 0 Å². The summed E-state index contributed by atoms with van der Waals surface area (Å²) < 4.78 is 46.8. The summed E-state index contributed by atoms with van der Waals surface area (Å²) >= 11 is 0. The molecule has 2 atom stereocenters. The molecule has 2 N–H and O–H groups in total. The second-order valence-corrected chi connectivity index (χ2v) is 4.30. The fourth-order valence-corrected chi connectivity index (χ4v) is 1.64. The number of nitrogens with one attached hydrogen (secondary N) is 1. The van der Waals surface area contributed by atoms with E-state index in [1.54, 1.807) is 25.1 Å². The van der Waals surface area contributed by atoms with E-state index in [2.05, 4.69) is 5.32 Å². The van der Waals surface area contributed by atoms with Crippen LogP contribution in [0, 0.1) is 0 Å². The van der Waals surface area contributed by atoms with Crippen molar-refractivity contribution in [2.45, 2.75) is 25.2 Å². The number of hydrogen-bond donors (Lipinski definition) is 2. The Labute approximate surface area is 115 Å². The number of rotatable bonds is 6. The van der Waals surface area contributed by atoms with Crippen molar-refractivity contribution in [2.75, 3.05) is 20.8 Å². The highest BCUT2D eigenvalue weighted by Crippen LogP contribution is 2.30. The van der Waals surface area contributed by atoms with Crippen molar-refractivity contribution >= 4 is 0 Å². The van der Waals surface area contributed by atoms with Crippen molar-refractivity contribution in [3.63, 3.8) is 0 Å². The van der Waals surface area contributed by atoms with Crippen LogP contribution < -0.4 is 14.8 Å². The molecule has 0 radical (unpaired) electrons. The Morgan fingerprint density at radius 2 is 1.80 bits per heavy atom. The molecule has 0 spiro atoms. The van der Waals surface area contributed by atoms with Gasteiger partial charge in [0, 0.05) is 12.6 Å². The van der Waals surface area contributed by atoms with Crippen molar-refractivity contribution in [1.82, 2.24) is 5.32 Å².